The summed E-state index contributed by atoms with van der Waals surface area (Å²) in [6.45, 7) is 1.71. The van der Waals surface area contributed by atoms with Crippen molar-refractivity contribution in [2.45, 2.75) is 27.5 Å². The molecule has 2 rings (SSSR count). The maximum absolute atomic E-state index is 12.6. The lowest BCUT2D eigenvalue weighted by atomic mass is 10.2. The van der Waals surface area contributed by atoms with Gasteiger partial charge in [-0.15, -0.1) is 0 Å². The van der Waals surface area contributed by atoms with Crippen molar-refractivity contribution in [1.82, 2.24) is 9.88 Å². The largest absolute Gasteiger partial charge is 0.444 e. The number of aromatic nitrogens is 1. The van der Waals surface area contributed by atoms with Gasteiger partial charge >= 0.3 is 6.09 Å². The molecule has 32 heavy (non-hydrogen) atoms. The molecule has 0 aliphatic carbocycles. The van der Waals surface area contributed by atoms with Gasteiger partial charge in [0.25, 0.3) is 7.01 Å². The third-order valence-corrected chi connectivity index (χ3v) is 3.83. The van der Waals surface area contributed by atoms with E-state index in [9.17, 15) is 14.4 Å². The molecule has 0 saturated carbocycles. The first-order valence-corrected chi connectivity index (χ1v) is 9.02. The van der Waals surface area contributed by atoms with Crippen LogP contribution in [0.3, 0.4) is 0 Å². The van der Waals surface area contributed by atoms with E-state index >= 15 is 0 Å². The summed E-state index contributed by atoms with van der Waals surface area (Å²) in [4.78, 5) is 41.5. The topological polar surface area (TPSA) is 163 Å². The molecular weight excluding hydrogens is 423 g/mol. The van der Waals surface area contributed by atoms with Crippen molar-refractivity contribution in [3.63, 3.8) is 0 Å². The van der Waals surface area contributed by atoms with Gasteiger partial charge in [-0.3, -0.25) is 19.6 Å². The molecule has 0 saturated heterocycles. The van der Waals surface area contributed by atoms with Gasteiger partial charge in [0.15, 0.2) is 0 Å². The molecule has 11 nitrogen and oxygen atoms in total. The molecule has 2 amide bonds. The Morgan fingerprint density at radius 2 is 1.88 bits per heavy atom. The number of halogens is 1. The first-order chi connectivity index (χ1) is 15.4. The molecule has 0 aliphatic rings. The molecule has 0 aliphatic heterocycles. The number of ether oxygens (including phenoxy) is 1. The fourth-order valence-electron chi connectivity index (χ4n) is 2.39. The second-order valence-corrected chi connectivity index (χ2v) is 6.17. The molecule has 1 aromatic heterocycles. The van der Waals surface area contributed by atoms with E-state index < -0.39 is 17.6 Å². The number of nitrogens with zero attached hydrogens (tertiary/aromatic N) is 2. The van der Waals surface area contributed by atoms with Crippen LogP contribution in [0.25, 0.3) is 0 Å². The number of anilines is 1. The molecule has 0 atom stereocenters. The molecule has 0 radical (unpaired) electrons. The highest BCUT2D eigenvalue weighted by Gasteiger charge is 2.13. The zero-order chi connectivity index (χ0) is 23.9. The van der Waals surface area contributed by atoms with Crippen molar-refractivity contribution in [2.75, 3.05) is 18.5 Å². The van der Waals surface area contributed by atoms with E-state index in [-0.39, 0.29) is 45.4 Å². The van der Waals surface area contributed by atoms with Gasteiger partial charge < -0.3 is 30.9 Å². The Labute approximate surface area is 186 Å². The van der Waals surface area contributed by atoms with Crippen LogP contribution in [0.4, 0.5) is 15.2 Å². The van der Waals surface area contributed by atoms with Crippen molar-refractivity contribution in [3.05, 3.63) is 64.1 Å². The number of oxime groups is 1. The molecule has 6 N–H and O–H groups in total. The van der Waals surface area contributed by atoms with Crippen LogP contribution >= 0.6 is 0 Å². The first-order valence-electron chi connectivity index (χ1n) is 9.40. The highest BCUT2D eigenvalue weighted by Crippen LogP contribution is 2.06. The van der Waals surface area contributed by atoms with E-state index in [0.29, 0.717) is 5.69 Å². The van der Waals surface area contributed by atoms with Gasteiger partial charge in [-0.05, 0) is 29.8 Å². The Morgan fingerprint density at radius 1 is 1.19 bits per heavy atom. The standard InChI is InChI=1S/C19H24N6O5.CH4.FH/c1-13-7-8-15(23-19(28)29-12-14-5-3-2-4-6-14)17(27)25(13)11-16(26)22-9-10-30-24-18(20)21;;/h2-8H,9-12H2,1H3,(H,22,26)(H,23,28)(H4,20,21,24);1H4;1H/i/hT. The van der Waals surface area contributed by atoms with E-state index in [0.717, 1.165) is 5.56 Å². The quantitative estimate of drug-likeness (QED) is 0.190. The number of guanidine groups is 1. The normalized spacial score (nSPS) is 9.62. The Hall–Kier alpha value is -4.09. The van der Waals surface area contributed by atoms with Gasteiger partial charge in [0.1, 0.15) is 25.4 Å². The predicted octanol–water partition coefficient (Wildman–Crippen LogP) is 1.02. The maximum Gasteiger partial charge on any atom is 0.412 e. The Bertz CT molecular complexity index is 967. The van der Waals surface area contributed by atoms with Gasteiger partial charge in [0.2, 0.25) is 11.9 Å². The number of pyridine rings is 1. The van der Waals surface area contributed by atoms with Crippen LogP contribution in [0.5, 0.6) is 0 Å². The SMILES string of the molecule is C.Cc1ccc(NC(=O)OCc2ccccc2)c(=O)n1CC(=O)NCCON=C(N)N.[3H]F. The first kappa shape index (κ1) is 25.9. The van der Waals surface area contributed by atoms with Crippen molar-refractivity contribution in [3.8, 4) is 0 Å². The second kappa shape index (κ2) is 14.0. The number of hydrogen-bond donors (Lipinski definition) is 4. The number of nitrogens with one attached hydrogen (secondary N) is 2. The zero-order valence-corrected chi connectivity index (χ0v) is 16.8. The summed E-state index contributed by atoms with van der Waals surface area (Å²) in [7, 11) is 0. The third-order valence-electron chi connectivity index (χ3n) is 3.83. The van der Waals surface area contributed by atoms with Crippen LogP contribution in [-0.2, 0) is 27.5 Å². The number of rotatable bonds is 9. The molecule has 2 aromatic rings. The lowest BCUT2D eigenvalue weighted by Crippen LogP contribution is -2.36. The zero-order valence-electron chi connectivity index (χ0n) is 17.8. The van der Waals surface area contributed by atoms with Crippen molar-refractivity contribution >= 4 is 23.6 Å². The van der Waals surface area contributed by atoms with Crippen molar-refractivity contribution < 1.29 is 23.9 Å². The van der Waals surface area contributed by atoms with E-state index in [1.165, 1.54) is 10.6 Å². The monoisotopic (exact) mass is 454 g/mol. The highest BCUT2D eigenvalue weighted by molar-refractivity contribution is 5.84. The molecule has 0 bridgehead atoms. The average Bonchev–Trinajstić information content (AvgIpc) is 2.79. The Morgan fingerprint density at radius 3 is 2.53 bits per heavy atom. The van der Waals surface area contributed by atoms with Crippen LogP contribution in [0.1, 0.15) is 18.7 Å². The van der Waals surface area contributed by atoms with Gasteiger partial charge in [-0.1, -0.05) is 37.8 Å². The highest BCUT2D eigenvalue weighted by atomic mass is 19.0. The van der Waals surface area contributed by atoms with E-state index in [1.807, 2.05) is 30.3 Å². The summed E-state index contributed by atoms with van der Waals surface area (Å²) in [5.74, 6) is -0.646. The van der Waals surface area contributed by atoms with Gasteiger partial charge in [0.05, 0.1) is 6.54 Å². The minimum absolute atomic E-state index is 0. The third kappa shape index (κ3) is 9.15. The summed E-state index contributed by atoms with van der Waals surface area (Å²) >= 11 is 0. The minimum atomic E-state index is -0.771. The number of hydrogen-bond acceptors (Lipinski definition) is 6. The lowest BCUT2D eigenvalue weighted by molar-refractivity contribution is -0.122. The van der Waals surface area contributed by atoms with E-state index in [4.69, 9.17) is 25.8 Å². The van der Waals surface area contributed by atoms with Crippen molar-refractivity contribution in [2.24, 2.45) is 16.6 Å². The number of carbonyl (C=O) groups is 2. The molecule has 0 spiro atoms. The molecule has 12 heteroatoms. The van der Waals surface area contributed by atoms with Crippen LogP contribution in [0.15, 0.2) is 52.4 Å². The molecular formula is C20H29FN6O5. The maximum atomic E-state index is 12.6. The number of aryl methyl sites for hydroxylation is 1. The minimum Gasteiger partial charge on any atom is -0.444 e. The number of amides is 2. The Balaban J connectivity index is 0.00000332. The molecule has 1 heterocycles. The fraction of sp³-hybridized carbons (Fsp3) is 0.300. The summed E-state index contributed by atoms with van der Waals surface area (Å²) < 4.78 is 19.3. The summed E-state index contributed by atoms with van der Waals surface area (Å²) in [6.07, 6.45) is -0.771. The van der Waals surface area contributed by atoms with E-state index in [1.54, 1.807) is 13.0 Å². The molecule has 1 aromatic carbocycles. The van der Waals surface area contributed by atoms with Crippen LogP contribution in [-0.4, -0.2) is 37.1 Å². The molecule has 176 valence electrons. The number of nitrogens with two attached hydrogens (primary N) is 2. The summed E-state index contributed by atoms with van der Waals surface area (Å²) in [5.41, 5.74) is 11.0. The summed E-state index contributed by atoms with van der Waals surface area (Å²) in [5, 5.41) is 8.30. The predicted molar refractivity (Wildman–Crippen MR) is 120 cm³/mol. The van der Waals surface area contributed by atoms with E-state index in [2.05, 4.69) is 17.2 Å². The summed E-state index contributed by atoms with van der Waals surface area (Å²) in [6, 6.07) is 12.2. The van der Waals surface area contributed by atoms with Gasteiger partial charge in [-0.2, -0.15) is 0 Å². The number of carbonyl (C=O) groups excluding carboxylic acids is 2. The van der Waals surface area contributed by atoms with Crippen LogP contribution in [0.2, 0.25) is 0 Å². The van der Waals surface area contributed by atoms with Crippen LogP contribution < -0.4 is 27.7 Å². The van der Waals surface area contributed by atoms with Gasteiger partial charge in [0, 0.05) is 5.69 Å². The van der Waals surface area contributed by atoms with Crippen molar-refractivity contribution in [1.29, 1.82) is 1.45 Å². The molecule has 0 unspecified atom stereocenters. The smallest absolute Gasteiger partial charge is 0.412 e. The lowest BCUT2D eigenvalue weighted by Gasteiger charge is -2.13. The second-order valence-electron chi connectivity index (χ2n) is 6.17. The number of benzene rings is 1. The average molecular weight is 454 g/mol. The Kier molecular flexibility index (Phi) is 11.4. The van der Waals surface area contributed by atoms with Gasteiger partial charge in [-0.25, -0.2) is 4.79 Å². The fourth-order valence-corrected chi connectivity index (χ4v) is 2.39. The molecule has 0 fully saturated rings. The van der Waals surface area contributed by atoms with Crippen LogP contribution in [0, 0.1) is 6.92 Å².